The normalized spacial score (nSPS) is 12.9. The van der Waals surface area contributed by atoms with E-state index in [-0.39, 0.29) is 5.97 Å². The monoisotopic (exact) mass is 241 g/mol. The highest BCUT2D eigenvalue weighted by molar-refractivity contribution is 5.81. The van der Waals surface area contributed by atoms with E-state index in [1.807, 2.05) is 13.0 Å². The van der Waals surface area contributed by atoms with Crippen LogP contribution in [0.25, 0.3) is 0 Å². The maximum atomic E-state index is 11.0. The van der Waals surface area contributed by atoms with Gasteiger partial charge in [0.1, 0.15) is 0 Å². The summed E-state index contributed by atoms with van der Waals surface area (Å²) in [7, 11) is 0. The van der Waals surface area contributed by atoms with Crippen LogP contribution in [0.1, 0.15) is 52.9 Å². The Kier molecular flexibility index (Phi) is 11.1. The molecule has 100 valence electrons. The van der Waals surface area contributed by atoms with Crippen molar-refractivity contribution in [2.45, 2.75) is 58.9 Å². The Balaban J connectivity index is 3.43. The van der Waals surface area contributed by atoms with E-state index in [2.05, 4.69) is 19.2 Å². The minimum Gasteiger partial charge on any atom is -0.463 e. The molecule has 0 saturated carbocycles. The summed E-state index contributed by atoms with van der Waals surface area (Å²) in [6.07, 6.45) is 9.72. The molecule has 3 heteroatoms. The van der Waals surface area contributed by atoms with Gasteiger partial charge in [0.15, 0.2) is 0 Å². The first-order valence-electron chi connectivity index (χ1n) is 6.77. The topological polar surface area (TPSA) is 38.3 Å². The van der Waals surface area contributed by atoms with Crippen LogP contribution in [-0.4, -0.2) is 25.2 Å². The van der Waals surface area contributed by atoms with Gasteiger partial charge in [-0.25, -0.2) is 4.79 Å². The Morgan fingerprint density at radius 3 is 2.71 bits per heavy atom. The molecule has 1 atom stereocenters. The van der Waals surface area contributed by atoms with E-state index in [0.717, 1.165) is 6.54 Å². The zero-order chi connectivity index (χ0) is 12.9. The standard InChI is InChI=1S/C14H27NO2/c1-4-6-7-8-10-13(3)15-12-9-11-14(16)17-5-2/h9,11,13,15H,4-8,10,12H2,1-3H3/b11-9+. The number of unbranched alkanes of at least 4 members (excludes halogenated alkanes) is 3. The van der Waals surface area contributed by atoms with E-state index in [1.54, 1.807) is 0 Å². The molecule has 0 aliphatic carbocycles. The van der Waals surface area contributed by atoms with Crippen LogP contribution in [0.3, 0.4) is 0 Å². The Hall–Kier alpha value is -0.830. The van der Waals surface area contributed by atoms with Gasteiger partial charge in [-0.3, -0.25) is 0 Å². The molecule has 0 fully saturated rings. The summed E-state index contributed by atoms with van der Waals surface area (Å²) in [4.78, 5) is 11.0. The van der Waals surface area contributed by atoms with Gasteiger partial charge >= 0.3 is 5.97 Å². The maximum absolute atomic E-state index is 11.0. The van der Waals surface area contributed by atoms with Crippen LogP contribution in [0, 0.1) is 0 Å². The zero-order valence-electron chi connectivity index (χ0n) is 11.5. The molecule has 0 aromatic carbocycles. The van der Waals surface area contributed by atoms with Crippen molar-refractivity contribution in [1.29, 1.82) is 0 Å². The second-order valence-electron chi connectivity index (χ2n) is 4.31. The molecule has 0 spiro atoms. The summed E-state index contributed by atoms with van der Waals surface area (Å²) in [6, 6.07) is 0.513. The lowest BCUT2D eigenvalue weighted by atomic mass is 10.1. The molecule has 0 amide bonds. The van der Waals surface area contributed by atoms with Crippen molar-refractivity contribution in [2.24, 2.45) is 0 Å². The second kappa shape index (κ2) is 11.6. The van der Waals surface area contributed by atoms with Crippen LogP contribution >= 0.6 is 0 Å². The van der Waals surface area contributed by atoms with Gasteiger partial charge in [-0.1, -0.05) is 38.7 Å². The summed E-state index contributed by atoms with van der Waals surface area (Å²) in [5.74, 6) is -0.259. The molecule has 1 unspecified atom stereocenters. The highest BCUT2D eigenvalue weighted by Crippen LogP contribution is 2.04. The van der Waals surface area contributed by atoms with Crippen molar-refractivity contribution >= 4 is 5.97 Å². The van der Waals surface area contributed by atoms with Crippen molar-refractivity contribution in [3.05, 3.63) is 12.2 Å². The van der Waals surface area contributed by atoms with E-state index in [9.17, 15) is 4.79 Å². The van der Waals surface area contributed by atoms with Crippen molar-refractivity contribution in [3.63, 3.8) is 0 Å². The lowest BCUT2D eigenvalue weighted by Crippen LogP contribution is -2.26. The summed E-state index contributed by atoms with van der Waals surface area (Å²) in [5, 5.41) is 3.36. The maximum Gasteiger partial charge on any atom is 0.330 e. The number of esters is 1. The van der Waals surface area contributed by atoms with E-state index in [1.165, 1.54) is 38.2 Å². The van der Waals surface area contributed by atoms with Gasteiger partial charge in [0.25, 0.3) is 0 Å². The summed E-state index contributed by atoms with van der Waals surface area (Å²) in [6.45, 7) is 7.38. The van der Waals surface area contributed by atoms with Gasteiger partial charge in [0, 0.05) is 18.7 Å². The van der Waals surface area contributed by atoms with E-state index < -0.39 is 0 Å². The van der Waals surface area contributed by atoms with Crippen molar-refractivity contribution in [3.8, 4) is 0 Å². The molecule has 0 aliphatic rings. The fourth-order valence-corrected chi connectivity index (χ4v) is 1.59. The predicted molar refractivity (Wildman–Crippen MR) is 72.0 cm³/mol. The molecule has 0 bridgehead atoms. The molecule has 3 nitrogen and oxygen atoms in total. The minimum absolute atomic E-state index is 0.259. The highest BCUT2D eigenvalue weighted by Gasteiger charge is 1.99. The molecule has 0 aliphatic heterocycles. The van der Waals surface area contributed by atoms with Crippen LogP contribution in [0.2, 0.25) is 0 Å². The molecule has 1 N–H and O–H groups in total. The first-order chi connectivity index (χ1) is 8.20. The van der Waals surface area contributed by atoms with Gasteiger partial charge in [0.2, 0.25) is 0 Å². The van der Waals surface area contributed by atoms with Gasteiger partial charge in [0.05, 0.1) is 6.61 Å². The van der Waals surface area contributed by atoms with Crippen LogP contribution in [0.5, 0.6) is 0 Å². The molecule has 17 heavy (non-hydrogen) atoms. The average molecular weight is 241 g/mol. The van der Waals surface area contributed by atoms with Crippen molar-refractivity contribution in [1.82, 2.24) is 5.32 Å². The summed E-state index contributed by atoms with van der Waals surface area (Å²) < 4.78 is 4.79. The molecule has 0 rings (SSSR count). The van der Waals surface area contributed by atoms with Crippen LogP contribution in [0.4, 0.5) is 0 Å². The quantitative estimate of drug-likeness (QED) is 0.363. The van der Waals surface area contributed by atoms with Crippen LogP contribution < -0.4 is 5.32 Å². The number of rotatable bonds is 10. The number of nitrogens with one attached hydrogen (secondary N) is 1. The van der Waals surface area contributed by atoms with E-state index >= 15 is 0 Å². The first-order valence-corrected chi connectivity index (χ1v) is 6.77. The van der Waals surface area contributed by atoms with Gasteiger partial charge < -0.3 is 10.1 Å². The first kappa shape index (κ1) is 16.2. The van der Waals surface area contributed by atoms with Crippen molar-refractivity contribution in [2.75, 3.05) is 13.2 Å². The van der Waals surface area contributed by atoms with Crippen LogP contribution in [0.15, 0.2) is 12.2 Å². The molecule has 0 aromatic rings. The molecule has 0 saturated heterocycles. The van der Waals surface area contributed by atoms with Gasteiger partial charge in [-0.05, 0) is 20.3 Å². The number of hydrogen-bond acceptors (Lipinski definition) is 3. The number of ether oxygens (including phenoxy) is 1. The highest BCUT2D eigenvalue weighted by atomic mass is 16.5. The Bertz CT molecular complexity index is 214. The minimum atomic E-state index is -0.259. The number of hydrogen-bond donors (Lipinski definition) is 1. The third kappa shape index (κ3) is 11.4. The third-order valence-electron chi connectivity index (χ3n) is 2.62. The molecule has 0 aromatic heterocycles. The van der Waals surface area contributed by atoms with Gasteiger partial charge in [-0.15, -0.1) is 0 Å². The Labute approximate surface area is 106 Å². The van der Waals surface area contributed by atoms with Crippen molar-refractivity contribution < 1.29 is 9.53 Å². The SMILES string of the molecule is CCCCCCC(C)NC/C=C/C(=O)OCC. The second-order valence-corrected chi connectivity index (χ2v) is 4.31. The fourth-order valence-electron chi connectivity index (χ4n) is 1.59. The molecular weight excluding hydrogens is 214 g/mol. The molecule has 0 radical (unpaired) electrons. The van der Waals surface area contributed by atoms with E-state index in [0.29, 0.717) is 12.6 Å². The largest absolute Gasteiger partial charge is 0.463 e. The lowest BCUT2D eigenvalue weighted by molar-refractivity contribution is -0.137. The summed E-state index contributed by atoms with van der Waals surface area (Å²) >= 11 is 0. The van der Waals surface area contributed by atoms with Crippen LogP contribution in [-0.2, 0) is 9.53 Å². The van der Waals surface area contributed by atoms with Gasteiger partial charge in [-0.2, -0.15) is 0 Å². The lowest BCUT2D eigenvalue weighted by Gasteiger charge is -2.11. The zero-order valence-corrected chi connectivity index (χ0v) is 11.5. The smallest absolute Gasteiger partial charge is 0.330 e. The number of carbonyl (C=O) groups is 1. The Morgan fingerprint density at radius 1 is 1.29 bits per heavy atom. The molecular formula is C14H27NO2. The average Bonchev–Trinajstić information content (AvgIpc) is 2.31. The summed E-state index contributed by atoms with van der Waals surface area (Å²) in [5.41, 5.74) is 0. The Morgan fingerprint density at radius 2 is 2.06 bits per heavy atom. The predicted octanol–water partition coefficient (Wildman–Crippen LogP) is 3.05. The number of carbonyl (C=O) groups excluding carboxylic acids is 1. The molecule has 0 heterocycles. The van der Waals surface area contributed by atoms with E-state index in [4.69, 9.17) is 4.74 Å². The fraction of sp³-hybridized carbons (Fsp3) is 0.786. The third-order valence-corrected chi connectivity index (χ3v) is 2.62.